The Hall–Kier alpha value is -1.43. The van der Waals surface area contributed by atoms with Crippen LogP contribution in [0.2, 0.25) is 0 Å². The zero-order valence-electron chi connectivity index (χ0n) is 23.4. The van der Waals surface area contributed by atoms with Crippen molar-refractivity contribution in [3.8, 4) is 0 Å². The summed E-state index contributed by atoms with van der Waals surface area (Å²) in [7, 11) is 1.89. The molecule has 5 rings (SSSR count). The first-order valence-corrected chi connectivity index (χ1v) is 14.9. The fraction of sp³-hybridized carbons (Fsp3) is 0.781. The number of nitrogens with zero attached hydrogens (tertiary/aromatic N) is 1. The molecular formula is C32H49NO4. The van der Waals surface area contributed by atoms with E-state index in [0.29, 0.717) is 42.6 Å². The van der Waals surface area contributed by atoms with E-state index in [1.807, 2.05) is 30.1 Å². The van der Waals surface area contributed by atoms with Crippen LogP contribution in [0, 0.1) is 46.3 Å². The van der Waals surface area contributed by atoms with E-state index in [0.717, 1.165) is 56.9 Å². The van der Waals surface area contributed by atoms with Crippen LogP contribution in [0.1, 0.15) is 84.1 Å². The zero-order valence-corrected chi connectivity index (χ0v) is 23.4. The third-order valence-electron chi connectivity index (χ3n) is 12.0. The summed E-state index contributed by atoms with van der Waals surface area (Å²) in [6.07, 6.45) is 6.74. The molecule has 206 valence electrons. The Morgan fingerprint density at radius 3 is 2.49 bits per heavy atom. The molecule has 4 saturated carbocycles. The number of carbonyl (C=O) groups excluding carboxylic acids is 1. The van der Waals surface area contributed by atoms with Gasteiger partial charge in [-0.15, -0.1) is 0 Å². The van der Waals surface area contributed by atoms with Crippen LogP contribution in [0.15, 0.2) is 30.3 Å². The highest BCUT2D eigenvalue weighted by Crippen LogP contribution is 2.68. The molecule has 1 aromatic carbocycles. The van der Waals surface area contributed by atoms with Crippen molar-refractivity contribution in [1.29, 1.82) is 0 Å². The van der Waals surface area contributed by atoms with Gasteiger partial charge in [-0.1, -0.05) is 51.1 Å². The maximum Gasteiger partial charge on any atom is 0.222 e. The summed E-state index contributed by atoms with van der Waals surface area (Å²) < 4.78 is 0. The average Bonchev–Trinajstić information content (AvgIpc) is 3.23. The van der Waals surface area contributed by atoms with Crippen molar-refractivity contribution in [2.75, 3.05) is 7.05 Å². The molecule has 0 heterocycles. The lowest BCUT2D eigenvalue weighted by molar-refractivity contribution is -0.207. The van der Waals surface area contributed by atoms with Gasteiger partial charge in [0.25, 0.3) is 0 Å². The fourth-order valence-electron chi connectivity index (χ4n) is 9.82. The Labute approximate surface area is 223 Å². The SMILES string of the molecule is C[C@H](CCC(=O)N(C)Cc1ccccc1)[C@H]1CC[C@H]2[C@@H]3[C@H](O)C[C@@H]4C[C@H](O)CC[C@]4(C)[C@H]3C[C@H](O)[C@]12C. The van der Waals surface area contributed by atoms with Crippen LogP contribution < -0.4 is 0 Å². The molecule has 0 aliphatic heterocycles. The molecular weight excluding hydrogens is 462 g/mol. The fourth-order valence-corrected chi connectivity index (χ4v) is 9.82. The van der Waals surface area contributed by atoms with Crippen LogP contribution >= 0.6 is 0 Å². The summed E-state index contributed by atoms with van der Waals surface area (Å²) in [5, 5.41) is 33.5. The molecule has 0 radical (unpaired) electrons. The van der Waals surface area contributed by atoms with Gasteiger partial charge in [0.1, 0.15) is 0 Å². The minimum Gasteiger partial charge on any atom is -0.393 e. The second kappa shape index (κ2) is 10.3. The molecule has 1 amide bonds. The van der Waals surface area contributed by atoms with Gasteiger partial charge in [0.2, 0.25) is 5.91 Å². The number of amides is 1. The topological polar surface area (TPSA) is 81.0 Å². The molecule has 3 N–H and O–H groups in total. The third-order valence-corrected chi connectivity index (χ3v) is 12.0. The van der Waals surface area contributed by atoms with Gasteiger partial charge in [0.15, 0.2) is 0 Å². The molecule has 4 aliphatic carbocycles. The molecule has 4 aliphatic rings. The van der Waals surface area contributed by atoms with Crippen LogP contribution in [0.5, 0.6) is 0 Å². The largest absolute Gasteiger partial charge is 0.393 e. The van der Waals surface area contributed by atoms with Crippen LogP contribution in [0.3, 0.4) is 0 Å². The van der Waals surface area contributed by atoms with Crippen molar-refractivity contribution in [2.45, 2.75) is 103 Å². The van der Waals surface area contributed by atoms with Crippen LogP contribution in [0.25, 0.3) is 0 Å². The van der Waals surface area contributed by atoms with Gasteiger partial charge in [0.05, 0.1) is 18.3 Å². The van der Waals surface area contributed by atoms with E-state index < -0.39 is 0 Å². The van der Waals surface area contributed by atoms with Gasteiger partial charge in [-0.25, -0.2) is 0 Å². The van der Waals surface area contributed by atoms with Crippen molar-refractivity contribution in [3.63, 3.8) is 0 Å². The lowest BCUT2D eigenvalue weighted by atomic mass is 9.43. The zero-order chi connectivity index (χ0) is 26.5. The summed E-state index contributed by atoms with van der Waals surface area (Å²) in [5.41, 5.74) is 1.04. The molecule has 37 heavy (non-hydrogen) atoms. The minimum absolute atomic E-state index is 0.102. The Morgan fingerprint density at radius 2 is 1.76 bits per heavy atom. The Balaban J connectivity index is 1.26. The van der Waals surface area contributed by atoms with E-state index in [4.69, 9.17) is 0 Å². The molecule has 11 atom stereocenters. The van der Waals surface area contributed by atoms with Crippen molar-refractivity contribution < 1.29 is 20.1 Å². The van der Waals surface area contributed by atoms with Gasteiger partial charge < -0.3 is 20.2 Å². The predicted octanol–water partition coefficient (Wildman–Crippen LogP) is 5.02. The molecule has 0 unspecified atom stereocenters. The molecule has 0 bridgehead atoms. The molecule has 0 saturated heterocycles. The highest BCUT2D eigenvalue weighted by Gasteiger charge is 2.65. The summed E-state index contributed by atoms with van der Waals surface area (Å²) in [4.78, 5) is 14.8. The molecule has 4 fully saturated rings. The van der Waals surface area contributed by atoms with E-state index in [9.17, 15) is 20.1 Å². The van der Waals surface area contributed by atoms with Gasteiger partial charge in [0, 0.05) is 20.0 Å². The smallest absolute Gasteiger partial charge is 0.222 e. The lowest BCUT2D eigenvalue weighted by Gasteiger charge is -2.63. The van der Waals surface area contributed by atoms with Gasteiger partial charge in [-0.2, -0.15) is 0 Å². The number of aliphatic hydroxyl groups excluding tert-OH is 3. The van der Waals surface area contributed by atoms with E-state index >= 15 is 0 Å². The minimum atomic E-state index is -0.375. The number of fused-ring (bicyclic) bond motifs is 5. The number of hydrogen-bond acceptors (Lipinski definition) is 4. The highest BCUT2D eigenvalue weighted by molar-refractivity contribution is 5.75. The van der Waals surface area contributed by atoms with Crippen molar-refractivity contribution in [2.24, 2.45) is 46.3 Å². The number of benzene rings is 1. The lowest BCUT2D eigenvalue weighted by Crippen LogP contribution is -2.62. The second-order valence-corrected chi connectivity index (χ2v) is 13.8. The third kappa shape index (κ3) is 4.67. The highest BCUT2D eigenvalue weighted by atomic mass is 16.3. The van der Waals surface area contributed by atoms with Crippen molar-refractivity contribution >= 4 is 5.91 Å². The van der Waals surface area contributed by atoms with E-state index in [1.165, 1.54) is 0 Å². The number of hydrogen-bond donors (Lipinski definition) is 3. The molecule has 0 spiro atoms. The quantitative estimate of drug-likeness (QED) is 0.501. The Morgan fingerprint density at radius 1 is 1.03 bits per heavy atom. The predicted molar refractivity (Wildman–Crippen MR) is 145 cm³/mol. The van der Waals surface area contributed by atoms with Crippen LogP contribution in [0.4, 0.5) is 0 Å². The Bertz CT molecular complexity index is 953. The first kappa shape index (κ1) is 27.1. The van der Waals surface area contributed by atoms with E-state index in [2.05, 4.69) is 32.9 Å². The van der Waals surface area contributed by atoms with Gasteiger partial charge >= 0.3 is 0 Å². The number of rotatable bonds is 6. The first-order valence-electron chi connectivity index (χ1n) is 14.9. The Kier molecular flexibility index (Phi) is 7.54. The second-order valence-electron chi connectivity index (χ2n) is 13.8. The van der Waals surface area contributed by atoms with E-state index in [-0.39, 0.29) is 41.0 Å². The molecule has 0 aromatic heterocycles. The van der Waals surface area contributed by atoms with Crippen molar-refractivity contribution in [3.05, 3.63) is 35.9 Å². The maximum atomic E-state index is 12.9. The summed E-state index contributed by atoms with van der Waals surface area (Å²) in [6.45, 7) is 7.59. The standard InChI is InChI=1S/C32H49NO4/c1-20(10-13-29(37)33(4)19-21-8-6-5-7-9-21)24-11-12-25-30-26(18-28(36)32(24,25)3)31(2)15-14-23(34)16-22(31)17-27(30)35/h5-9,20,22-28,30,34-36H,10-19H2,1-4H3/t20-,22+,23-,24-,25+,26+,27-,28+,30+,31+,32-/m1/s1. The molecule has 5 nitrogen and oxygen atoms in total. The average molecular weight is 512 g/mol. The molecule has 1 aromatic rings. The van der Waals surface area contributed by atoms with Crippen LogP contribution in [-0.4, -0.2) is 51.5 Å². The number of carbonyl (C=O) groups is 1. The van der Waals surface area contributed by atoms with E-state index in [1.54, 1.807) is 0 Å². The normalized spacial score (nSPS) is 43.9. The summed E-state index contributed by atoms with van der Waals surface area (Å²) in [5.74, 6) is 2.13. The maximum absolute atomic E-state index is 12.9. The molecule has 5 heteroatoms. The van der Waals surface area contributed by atoms with Gasteiger partial charge in [-0.3, -0.25) is 4.79 Å². The monoisotopic (exact) mass is 511 g/mol. The van der Waals surface area contributed by atoms with Crippen LogP contribution in [-0.2, 0) is 11.3 Å². The number of aliphatic hydroxyl groups is 3. The first-order chi connectivity index (χ1) is 17.6. The summed E-state index contributed by atoms with van der Waals surface area (Å²) in [6, 6.07) is 10.1. The van der Waals surface area contributed by atoms with Gasteiger partial charge in [-0.05, 0) is 103 Å². The van der Waals surface area contributed by atoms with Crippen molar-refractivity contribution in [1.82, 2.24) is 4.90 Å². The summed E-state index contributed by atoms with van der Waals surface area (Å²) >= 11 is 0.